The second-order valence-corrected chi connectivity index (χ2v) is 5.98. The minimum Gasteiger partial charge on any atom is -0.330 e. The van der Waals surface area contributed by atoms with Gasteiger partial charge in [0, 0.05) is 29.6 Å². The largest absolute Gasteiger partial charge is 0.330 e. The van der Waals surface area contributed by atoms with Crippen LogP contribution in [0, 0.1) is 0 Å². The summed E-state index contributed by atoms with van der Waals surface area (Å²) in [5.74, 6) is -0.210. The van der Waals surface area contributed by atoms with E-state index < -0.39 is 0 Å². The van der Waals surface area contributed by atoms with Crippen LogP contribution in [-0.2, 0) is 17.6 Å². The van der Waals surface area contributed by atoms with Crippen LogP contribution in [0.25, 0.3) is 0 Å². The van der Waals surface area contributed by atoms with E-state index in [1.165, 1.54) is 11.3 Å². The lowest BCUT2D eigenvalue weighted by molar-refractivity contribution is -0.116. The first-order valence-corrected chi connectivity index (χ1v) is 7.92. The van der Waals surface area contributed by atoms with Crippen molar-refractivity contribution in [2.24, 2.45) is 5.73 Å². The van der Waals surface area contributed by atoms with E-state index >= 15 is 0 Å². The Kier molecular flexibility index (Phi) is 5.70. The molecule has 0 radical (unpaired) electrons. The molecule has 2 amide bonds. The minimum atomic E-state index is -0.237. The molecule has 0 atom stereocenters. The van der Waals surface area contributed by atoms with Crippen molar-refractivity contribution in [1.82, 2.24) is 4.98 Å². The van der Waals surface area contributed by atoms with E-state index in [0.29, 0.717) is 37.2 Å². The molecule has 2 heterocycles. The number of rotatable bonds is 4. The molecule has 8 heteroatoms. The zero-order chi connectivity index (χ0) is 15.5. The highest BCUT2D eigenvalue weighted by molar-refractivity contribution is 7.09. The number of aryl methyl sites for hydroxylation is 1. The third-order valence-corrected chi connectivity index (χ3v) is 4.31. The fourth-order valence-corrected chi connectivity index (χ4v) is 3.10. The molecule has 0 unspecified atom stereocenters. The molecule has 4 N–H and O–H groups in total. The van der Waals surface area contributed by atoms with Crippen molar-refractivity contribution in [2.75, 3.05) is 17.2 Å². The highest BCUT2D eigenvalue weighted by Crippen LogP contribution is 2.26. The van der Waals surface area contributed by atoms with Gasteiger partial charge >= 0.3 is 0 Å². The van der Waals surface area contributed by atoms with Crippen molar-refractivity contribution in [3.8, 4) is 0 Å². The maximum absolute atomic E-state index is 12.2. The molecule has 122 valence electrons. The minimum absolute atomic E-state index is 0. The topological polar surface area (TPSA) is 97.1 Å². The summed E-state index contributed by atoms with van der Waals surface area (Å²) in [4.78, 5) is 27.8. The van der Waals surface area contributed by atoms with Crippen molar-refractivity contribution in [2.45, 2.75) is 19.3 Å². The fraction of sp³-hybridized carbons (Fsp3) is 0.267. The van der Waals surface area contributed by atoms with Crippen molar-refractivity contribution >= 4 is 46.9 Å². The number of carbonyl (C=O) groups is 2. The van der Waals surface area contributed by atoms with Crippen LogP contribution in [-0.4, -0.2) is 23.3 Å². The summed E-state index contributed by atoms with van der Waals surface area (Å²) in [7, 11) is 0. The highest BCUT2D eigenvalue weighted by Gasteiger charge is 2.16. The van der Waals surface area contributed by atoms with Crippen LogP contribution in [0.2, 0.25) is 0 Å². The first-order valence-electron chi connectivity index (χ1n) is 7.04. The van der Waals surface area contributed by atoms with Gasteiger partial charge in [-0.1, -0.05) is 0 Å². The molecule has 1 aromatic heterocycles. The quantitative estimate of drug-likeness (QED) is 0.785. The van der Waals surface area contributed by atoms with Gasteiger partial charge in [-0.05, 0) is 36.7 Å². The number of amides is 2. The average molecular weight is 353 g/mol. The Balaban J connectivity index is 0.00000192. The molecular weight excluding hydrogens is 336 g/mol. The number of thiazole rings is 1. The van der Waals surface area contributed by atoms with Gasteiger partial charge in [0.2, 0.25) is 5.91 Å². The SMILES string of the molecule is Cl.NCCc1nc(C(=O)Nc2ccc3c(c2)CCC(=O)N3)cs1. The molecule has 1 aliphatic heterocycles. The highest BCUT2D eigenvalue weighted by atomic mass is 35.5. The van der Waals surface area contributed by atoms with E-state index in [9.17, 15) is 9.59 Å². The molecule has 6 nitrogen and oxygen atoms in total. The third-order valence-electron chi connectivity index (χ3n) is 3.40. The summed E-state index contributed by atoms with van der Waals surface area (Å²) >= 11 is 1.44. The number of fused-ring (bicyclic) bond motifs is 1. The van der Waals surface area contributed by atoms with Crippen molar-refractivity contribution in [3.05, 3.63) is 39.8 Å². The second kappa shape index (κ2) is 7.54. The van der Waals surface area contributed by atoms with Gasteiger partial charge < -0.3 is 16.4 Å². The smallest absolute Gasteiger partial charge is 0.275 e. The van der Waals surface area contributed by atoms with Crippen LogP contribution in [0.3, 0.4) is 0 Å². The molecule has 0 saturated heterocycles. The predicted molar refractivity (Wildman–Crippen MR) is 93.5 cm³/mol. The van der Waals surface area contributed by atoms with Crippen LogP contribution in [0.15, 0.2) is 23.6 Å². The van der Waals surface area contributed by atoms with E-state index in [2.05, 4.69) is 15.6 Å². The van der Waals surface area contributed by atoms with Crippen LogP contribution in [0.4, 0.5) is 11.4 Å². The van der Waals surface area contributed by atoms with E-state index in [0.717, 1.165) is 16.3 Å². The van der Waals surface area contributed by atoms with Crippen molar-refractivity contribution in [3.63, 3.8) is 0 Å². The molecule has 0 fully saturated rings. The maximum Gasteiger partial charge on any atom is 0.275 e. The van der Waals surface area contributed by atoms with E-state index in [-0.39, 0.29) is 24.2 Å². The van der Waals surface area contributed by atoms with Gasteiger partial charge in [-0.2, -0.15) is 0 Å². The molecule has 0 aliphatic carbocycles. The Bertz CT molecular complexity index is 732. The van der Waals surface area contributed by atoms with Gasteiger partial charge in [-0.15, -0.1) is 23.7 Å². The van der Waals surface area contributed by atoms with E-state index in [4.69, 9.17) is 5.73 Å². The normalized spacial score (nSPS) is 12.8. The van der Waals surface area contributed by atoms with Crippen LogP contribution in [0.1, 0.15) is 27.5 Å². The number of anilines is 2. The summed E-state index contributed by atoms with van der Waals surface area (Å²) in [5.41, 5.74) is 8.43. The molecule has 23 heavy (non-hydrogen) atoms. The number of aromatic nitrogens is 1. The molecule has 3 rings (SSSR count). The first kappa shape index (κ1) is 17.4. The standard InChI is InChI=1S/C15H16N4O2S.ClH/c16-6-5-14-19-12(8-22-14)15(21)17-10-2-3-11-9(7-10)1-4-13(20)18-11;/h2-3,7-8H,1,4-6,16H2,(H,17,21)(H,18,20);1H. The predicted octanol–water partition coefficient (Wildman–Crippen LogP) is 2.20. The lowest BCUT2D eigenvalue weighted by Gasteiger charge is -2.17. The van der Waals surface area contributed by atoms with Gasteiger partial charge in [-0.25, -0.2) is 4.98 Å². The number of nitrogens with one attached hydrogen (secondary N) is 2. The van der Waals surface area contributed by atoms with Crippen molar-refractivity contribution in [1.29, 1.82) is 0 Å². The Morgan fingerprint density at radius 3 is 3.00 bits per heavy atom. The monoisotopic (exact) mass is 352 g/mol. The summed E-state index contributed by atoms with van der Waals surface area (Å²) < 4.78 is 0. The average Bonchev–Trinajstić information content (AvgIpc) is 2.96. The molecule has 0 spiro atoms. The number of hydrogen-bond donors (Lipinski definition) is 3. The first-order chi connectivity index (χ1) is 10.7. The number of benzene rings is 1. The summed E-state index contributed by atoms with van der Waals surface area (Å²) in [5, 5.41) is 8.25. The zero-order valence-corrected chi connectivity index (χ0v) is 13.9. The molecule has 0 bridgehead atoms. The Labute approximate surface area is 143 Å². The van der Waals surface area contributed by atoms with Crippen molar-refractivity contribution < 1.29 is 9.59 Å². The van der Waals surface area contributed by atoms with E-state index in [1.54, 1.807) is 11.4 Å². The van der Waals surface area contributed by atoms with Crippen LogP contribution < -0.4 is 16.4 Å². The van der Waals surface area contributed by atoms with Gasteiger partial charge in [-0.3, -0.25) is 9.59 Å². The lowest BCUT2D eigenvalue weighted by atomic mass is 10.0. The van der Waals surface area contributed by atoms with Gasteiger partial charge in [0.15, 0.2) is 0 Å². The summed E-state index contributed by atoms with van der Waals surface area (Å²) in [6.07, 6.45) is 1.83. The Hall–Kier alpha value is -1.96. The Morgan fingerprint density at radius 2 is 2.22 bits per heavy atom. The zero-order valence-electron chi connectivity index (χ0n) is 12.3. The molecular formula is C15H17ClN4O2S. The third kappa shape index (κ3) is 4.07. The maximum atomic E-state index is 12.2. The number of halogens is 1. The molecule has 1 aromatic carbocycles. The summed E-state index contributed by atoms with van der Waals surface area (Å²) in [6, 6.07) is 5.47. The van der Waals surface area contributed by atoms with Crippen LogP contribution >= 0.6 is 23.7 Å². The number of carbonyl (C=O) groups excluding carboxylic acids is 2. The fourth-order valence-electron chi connectivity index (χ4n) is 2.31. The van der Waals surface area contributed by atoms with Crippen LogP contribution in [0.5, 0.6) is 0 Å². The number of hydrogen-bond acceptors (Lipinski definition) is 5. The number of nitrogens with two attached hydrogens (primary N) is 1. The number of nitrogens with zero attached hydrogens (tertiary/aromatic N) is 1. The van der Waals surface area contributed by atoms with E-state index in [1.807, 2.05) is 12.1 Å². The molecule has 0 saturated carbocycles. The molecule has 2 aromatic rings. The molecule has 1 aliphatic rings. The van der Waals surface area contributed by atoms with Gasteiger partial charge in [0.1, 0.15) is 5.69 Å². The summed E-state index contributed by atoms with van der Waals surface area (Å²) in [6.45, 7) is 0.519. The second-order valence-electron chi connectivity index (χ2n) is 5.04. The lowest BCUT2D eigenvalue weighted by Crippen LogP contribution is -2.19. The Morgan fingerprint density at radius 1 is 1.39 bits per heavy atom. The van der Waals surface area contributed by atoms with Gasteiger partial charge in [0.05, 0.1) is 5.01 Å². The van der Waals surface area contributed by atoms with Gasteiger partial charge in [0.25, 0.3) is 5.91 Å².